The van der Waals surface area contributed by atoms with E-state index in [-0.39, 0.29) is 0 Å². The van der Waals surface area contributed by atoms with Gasteiger partial charge in [0.1, 0.15) is 11.5 Å². The topological polar surface area (TPSA) is 28.9 Å². The number of fused-ring (bicyclic) bond motifs is 1. The van der Waals surface area contributed by atoms with Crippen molar-refractivity contribution in [2.75, 3.05) is 26.2 Å². The molecule has 2 aliphatic heterocycles. The van der Waals surface area contributed by atoms with E-state index in [4.69, 9.17) is 9.15 Å². The molecule has 1 aromatic carbocycles. The fourth-order valence-corrected chi connectivity index (χ4v) is 4.09. The Hall–Kier alpha value is -1.62. The fraction of sp³-hybridized carbons (Fsp3) is 0.524. The quantitative estimate of drug-likeness (QED) is 0.854. The van der Waals surface area contributed by atoms with Crippen LogP contribution in [0.25, 0.3) is 0 Å². The van der Waals surface area contributed by atoms with Crippen LogP contribution < -0.4 is 0 Å². The SMILES string of the molecule is Cc1ccc(CN2CCO[C@H]3CN(Cc4ccc(C)c(C)c4)C[C@H]32)o1. The van der Waals surface area contributed by atoms with Crippen molar-refractivity contribution in [1.29, 1.82) is 0 Å². The minimum Gasteiger partial charge on any atom is -0.465 e. The number of rotatable bonds is 4. The van der Waals surface area contributed by atoms with E-state index in [1.54, 1.807) is 0 Å². The highest BCUT2D eigenvalue weighted by molar-refractivity contribution is 5.30. The fourth-order valence-electron chi connectivity index (χ4n) is 4.09. The molecule has 0 N–H and O–H groups in total. The largest absolute Gasteiger partial charge is 0.465 e. The molecule has 2 atom stereocenters. The standard InChI is InChI=1S/C21H28N2O2/c1-15-4-6-18(10-16(15)2)11-22-13-20-21(14-22)24-9-8-23(20)12-19-7-5-17(3)25-19/h4-7,10,20-21H,8-9,11-14H2,1-3H3/t20-,21+/m1/s1. The van der Waals surface area contributed by atoms with Gasteiger partial charge >= 0.3 is 0 Å². The molecule has 0 bridgehead atoms. The highest BCUT2D eigenvalue weighted by atomic mass is 16.5. The maximum atomic E-state index is 6.07. The minimum absolute atomic E-state index is 0.316. The maximum Gasteiger partial charge on any atom is 0.118 e. The summed E-state index contributed by atoms with van der Waals surface area (Å²) in [5.41, 5.74) is 4.14. The van der Waals surface area contributed by atoms with Crippen LogP contribution in [0, 0.1) is 20.8 Å². The lowest BCUT2D eigenvalue weighted by Gasteiger charge is -2.36. The van der Waals surface area contributed by atoms with Crippen LogP contribution in [0.3, 0.4) is 0 Å². The number of ether oxygens (including phenoxy) is 1. The molecule has 4 nitrogen and oxygen atoms in total. The van der Waals surface area contributed by atoms with Gasteiger partial charge in [-0.25, -0.2) is 0 Å². The molecule has 2 fully saturated rings. The van der Waals surface area contributed by atoms with Gasteiger partial charge in [0, 0.05) is 26.2 Å². The van der Waals surface area contributed by atoms with E-state index >= 15 is 0 Å². The number of hydrogen-bond donors (Lipinski definition) is 0. The predicted octanol–water partition coefficient (Wildman–Crippen LogP) is 3.29. The summed E-state index contributed by atoms with van der Waals surface area (Å²) in [7, 11) is 0. The van der Waals surface area contributed by atoms with Crippen LogP contribution in [-0.2, 0) is 17.8 Å². The van der Waals surface area contributed by atoms with Crippen molar-refractivity contribution >= 4 is 0 Å². The second kappa shape index (κ2) is 6.94. The van der Waals surface area contributed by atoms with Gasteiger partial charge in [0.25, 0.3) is 0 Å². The normalized spacial score (nSPS) is 24.6. The maximum absolute atomic E-state index is 6.07. The molecular formula is C21H28N2O2. The van der Waals surface area contributed by atoms with E-state index in [9.17, 15) is 0 Å². The molecule has 0 saturated carbocycles. The molecule has 0 unspecified atom stereocenters. The van der Waals surface area contributed by atoms with Gasteiger partial charge in [0.2, 0.25) is 0 Å². The number of hydrogen-bond acceptors (Lipinski definition) is 4. The van der Waals surface area contributed by atoms with Gasteiger partial charge in [0.05, 0.1) is 25.3 Å². The summed E-state index contributed by atoms with van der Waals surface area (Å²) in [6, 6.07) is 11.4. The first-order chi connectivity index (χ1) is 12.1. The molecule has 0 amide bonds. The first kappa shape index (κ1) is 16.8. The van der Waals surface area contributed by atoms with Crippen LogP contribution in [-0.4, -0.2) is 48.2 Å². The van der Waals surface area contributed by atoms with Gasteiger partial charge in [-0.3, -0.25) is 9.80 Å². The Morgan fingerprint density at radius 2 is 1.88 bits per heavy atom. The first-order valence-corrected chi connectivity index (χ1v) is 9.28. The van der Waals surface area contributed by atoms with E-state index in [1.807, 2.05) is 13.0 Å². The molecule has 2 aromatic rings. The second-order valence-corrected chi connectivity index (χ2v) is 7.57. The summed E-state index contributed by atoms with van der Waals surface area (Å²) < 4.78 is 11.9. The average Bonchev–Trinajstić information content (AvgIpc) is 3.17. The van der Waals surface area contributed by atoms with Crippen molar-refractivity contribution < 1.29 is 9.15 Å². The molecule has 2 aliphatic rings. The smallest absolute Gasteiger partial charge is 0.118 e. The molecule has 4 rings (SSSR count). The molecule has 134 valence electrons. The molecule has 2 saturated heterocycles. The summed E-state index contributed by atoms with van der Waals surface area (Å²) in [5, 5.41) is 0. The van der Waals surface area contributed by atoms with E-state index in [0.717, 1.165) is 50.9 Å². The van der Waals surface area contributed by atoms with Gasteiger partial charge in [-0.05, 0) is 49.6 Å². The molecule has 0 spiro atoms. The van der Waals surface area contributed by atoms with Gasteiger partial charge in [-0.1, -0.05) is 18.2 Å². The number of morpholine rings is 1. The highest BCUT2D eigenvalue weighted by Gasteiger charge is 2.40. The molecule has 1 aromatic heterocycles. The zero-order valence-corrected chi connectivity index (χ0v) is 15.5. The van der Waals surface area contributed by atoms with E-state index in [0.29, 0.717) is 12.1 Å². The van der Waals surface area contributed by atoms with Crippen molar-refractivity contribution in [2.24, 2.45) is 0 Å². The van der Waals surface area contributed by atoms with Crippen LogP contribution in [0.2, 0.25) is 0 Å². The lowest BCUT2D eigenvalue weighted by molar-refractivity contribution is -0.0523. The van der Waals surface area contributed by atoms with Crippen molar-refractivity contribution in [3.8, 4) is 0 Å². The molecule has 25 heavy (non-hydrogen) atoms. The minimum atomic E-state index is 0.316. The van der Waals surface area contributed by atoms with E-state index in [1.165, 1.54) is 16.7 Å². The molecule has 0 aliphatic carbocycles. The van der Waals surface area contributed by atoms with Crippen LogP contribution in [0.1, 0.15) is 28.2 Å². The summed E-state index contributed by atoms with van der Waals surface area (Å²) in [6.45, 7) is 12.1. The first-order valence-electron chi connectivity index (χ1n) is 9.28. The summed E-state index contributed by atoms with van der Waals surface area (Å²) >= 11 is 0. The zero-order valence-electron chi connectivity index (χ0n) is 15.5. The molecule has 4 heteroatoms. The van der Waals surface area contributed by atoms with Gasteiger partial charge < -0.3 is 9.15 Å². The van der Waals surface area contributed by atoms with Crippen molar-refractivity contribution in [1.82, 2.24) is 9.80 Å². The third-order valence-electron chi connectivity index (χ3n) is 5.62. The number of furan rings is 1. The van der Waals surface area contributed by atoms with Crippen LogP contribution in [0.4, 0.5) is 0 Å². The Balaban J connectivity index is 1.42. The lowest BCUT2D eigenvalue weighted by atomic mass is 10.1. The molecule has 0 radical (unpaired) electrons. The van der Waals surface area contributed by atoms with Gasteiger partial charge in [-0.2, -0.15) is 0 Å². The van der Waals surface area contributed by atoms with Gasteiger partial charge in [0.15, 0.2) is 0 Å². The summed E-state index contributed by atoms with van der Waals surface area (Å²) in [5.74, 6) is 2.05. The Morgan fingerprint density at radius 3 is 2.64 bits per heavy atom. The Labute approximate surface area is 150 Å². The lowest BCUT2D eigenvalue weighted by Crippen LogP contribution is -2.50. The Morgan fingerprint density at radius 1 is 1.00 bits per heavy atom. The highest BCUT2D eigenvalue weighted by Crippen LogP contribution is 2.26. The Bertz CT molecular complexity index is 739. The summed E-state index contributed by atoms with van der Waals surface area (Å²) in [6.07, 6.45) is 0.316. The number of aryl methyl sites for hydroxylation is 3. The number of benzene rings is 1. The van der Waals surface area contributed by atoms with E-state index in [2.05, 4.69) is 47.9 Å². The Kier molecular flexibility index (Phi) is 4.67. The number of nitrogens with zero attached hydrogens (tertiary/aromatic N) is 2. The van der Waals surface area contributed by atoms with Crippen molar-refractivity contribution in [2.45, 2.75) is 46.0 Å². The van der Waals surface area contributed by atoms with Crippen LogP contribution in [0.15, 0.2) is 34.7 Å². The third-order valence-corrected chi connectivity index (χ3v) is 5.62. The van der Waals surface area contributed by atoms with Crippen molar-refractivity contribution in [3.05, 3.63) is 58.5 Å². The molecule has 3 heterocycles. The third kappa shape index (κ3) is 3.66. The second-order valence-electron chi connectivity index (χ2n) is 7.57. The van der Waals surface area contributed by atoms with Crippen LogP contribution >= 0.6 is 0 Å². The summed E-state index contributed by atoms with van der Waals surface area (Å²) in [4.78, 5) is 5.07. The average molecular weight is 340 g/mol. The number of likely N-dealkylation sites (tertiary alicyclic amines) is 1. The van der Waals surface area contributed by atoms with E-state index < -0.39 is 0 Å². The zero-order chi connectivity index (χ0) is 17.4. The van der Waals surface area contributed by atoms with Crippen LogP contribution in [0.5, 0.6) is 0 Å². The monoisotopic (exact) mass is 340 g/mol. The molecular weight excluding hydrogens is 312 g/mol. The van der Waals surface area contributed by atoms with Gasteiger partial charge in [-0.15, -0.1) is 0 Å². The van der Waals surface area contributed by atoms with Crippen molar-refractivity contribution in [3.63, 3.8) is 0 Å². The predicted molar refractivity (Wildman–Crippen MR) is 98.6 cm³/mol.